The quantitative estimate of drug-likeness (QED) is 0.449. The van der Waals surface area contributed by atoms with Crippen LogP contribution in [-0.4, -0.2) is 5.13 Å². The number of alkyl halides is 2. The van der Waals surface area contributed by atoms with E-state index in [2.05, 4.69) is 0 Å². The predicted octanol–water partition coefficient (Wildman–Crippen LogP) is 2.57. The second kappa shape index (κ2) is 1.21. The first-order chi connectivity index (χ1) is 3.40. The molecular formula is C6H10ClF. The van der Waals surface area contributed by atoms with Gasteiger partial charge in [-0.05, 0) is 0 Å². The molecule has 0 aromatic carbocycles. The zero-order chi connectivity index (χ0) is 6.58. The number of hydrogen-bond donors (Lipinski definition) is 0. The van der Waals surface area contributed by atoms with Crippen molar-refractivity contribution in [3.63, 3.8) is 0 Å². The van der Waals surface area contributed by atoms with E-state index in [1.165, 1.54) is 0 Å². The molecule has 0 aliphatic heterocycles. The number of rotatable bonds is 0. The van der Waals surface area contributed by atoms with Gasteiger partial charge in [0, 0.05) is 11.3 Å². The molecule has 48 valence electrons. The molecule has 0 spiro atoms. The van der Waals surface area contributed by atoms with Gasteiger partial charge in [-0.2, -0.15) is 0 Å². The molecule has 2 unspecified atom stereocenters. The molecule has 0 aromatic heterocycles. The van der Waals surface area contributed by atoms with Gasteiger partial charge in [-0.3, -0.25) is 0 Å². The normalized spacial score (nSPS) is 51.4. The molecule has 0 aromatic rings. The fourth-order valence-corrected chi connectivity index (χ4v) is 1.28. The fraction of sp³-hybridized carbons (Fsp3) is 1.00. The Bertz CT molecular complexity index is 104. The third kappa shape index (κ3) is 0.459. The molecule has 0 saturated heterocycles. The van der Waals surface area contributed by atoms with Crippen molar-refractivity contribution in [2.24, 2.45) is 11.3 Å². The lowest BCUT2D eigenvalue weighted by molar-refractivity contribution is 0.348. The summed E-state index contributed by atoms with van der Waals surface area (Å²) in [5.41, 5.74) is -0.297. The van der Waals surface area contributed by atoms with E-state index in [1.54, 1.807) is 0 Å². The average molecular weight is 137 g/mol. The summed E-state index contributed by atoms with van der Waals surface area (Å²) in [6.45, 7) is 5.50. The standard InChI is InChI=1S/C6H10ClF/c1-4-5(2,3)6(4,7)8/h4H,1-3H3. The Kier molecular flexibility index (Phi) is 0.956. The maximum atomic E-state index is 12.7. The summed E-state index contributed by atoms with van der Waals surface area (Å²) in [5, 5.41) is -1.42. The van der Waals surface area contributed by atoms with Crippen LogP contribution < -0.4 is 0 Å². The molecule has 1 rings (SSSR count). The van der Waals surface area contributed by atoms with Gasteiger partial charge in [-0.1, -0.05) is 32.4 Å². The van der Waals surface area contributed by atoms with Gasteiger partial charge in [-0.15, -0.1) is 0 Å². The zero-order valence-corrected chi connectivity index (χ0v) is 6.09. The first-order valence-corrected chi connectivity index (χ1v) is 3.16. The summed E-state index contributed by atoms with van der Waals surface area (Å²) >= 11 is 5.42. The van der Waals surface area contributed by atoms with Gasteiger partial charge >= 0.3 is 0 Å². The fourth-order valence-electron chi connectivity index (χ4n) is 0.898. The molecule has 0 N–H and O–H groups in total. The molecule has 0 bridgehead atoms. The Balaban J connectivity index is 2.72. The maximum absolute atomic E-state index is 12.7. The molecule has 2 atom stereocenters. The summed E-state index contributed by atoms with van der Waals surface area (Å²) < 4.78 is 12.7. The monoisotopic (exact) mass is 136 g/mol. The highest BCUT2D eigenvalue weighted by molar-refractivity contribution is 6.25. The van der Waals surface area contributed by atoms with E-state index < -0.39 is 5.13 Å². The van der Waals surface area contributed by atoms with E-state index in [-0.39, 0.29) is 11.3 Å². The van der Waals surface area contributed by atoms with Gasteiger partial charge < -0.3 is 0 Å². The van der Waals surface area contributed by atoms with E-state index in [9.17, 15) is 4.39 Å². The Morgan fingerprint density at radius 3 is 1.62 bits per heavy atom. The molecule has 1 saturated carbocycles. The second-order valence-corrected chi connectivity index (χ2v) is 3.62. The molecule has 2 heteroatoms. The molecule has 0 nitrogen and oxygen atoms in total. The second-order valence-electron chi connectivity index (χ2n) is 3.07. The van der Waals surface area contributed by atoms with E-state index in [1.807, 2.05) is 20.8 Å². The highest BCUT2D eigenvalue weighted by atomic mass is 35.5. The van der Waals surface area contributed by atoms with Gasteiger partial charge in [0.1, 0.15) is 0 Å². The molecule has 0 amide bonds. The predicted molar refractivity (Wildman–Crippen MR) is 32.6 cm³/mol. The summed E-state index contributed by atoms with van der Waals surface area (Å²) in [4.78, 5) is 0. The van der Waals surface area contributed by atoms with Crippen LogP contribution in [0.15, 0.2) is 0 Å². The van der Waals surface area contributed by atoms with Crippen molar-refractivity contribution in [2.45, 2.75) is 25.9 Å². The van der Waals surface area contributed by atoms with Crippen molar-refractivity contribution >= 4 is 11.6 Å². The van der Waals surface area contributed by atoms with Crippen LogP contribution >= 0.6 is 11.6 Å². The largest absolute Gasteiger partial charge is 0.225 e. The van der Waals surface area contributed by atoms with Crippen molar-refractivity contribution in [1.82, 2.24) is 0 Å². The van der Waals surface area contributed by atoms with Crippen molar-refractivity contribution < 1.29 is 4.39 Å². The highest BCUT2D eigenvalue weighted by Gasteiger charge is 2.69. The van der Waals surface area contributed by atoms with Crippen molar-refractivity contribution in [2.75, 3.05) is 0 Å². The Hall–Kier alpha value is 0.220. The maximum Gasteiger partial charge on any atom is 0.192 e. The molecule has 1 fully saturated rings. The SMILES string of the molecule is CC1C(C)(C)C1(F)Cl. The van der Waals surface area contributed by atoms with Gasteiger partial charge in [0.2, 0.25) is 0 Å². The van der Waals surface area contributed by atoms with Crippen LogP contribution in [-0.2, 0) is 0 Å². The van der Waals surface area contributed by atoms with Gasteiger partial charge in [0.05, 0.1) is 0 Å². The van der Waals surface area contributed by atoms with Crippen LogP contribution in [0.3, 0.4) is 0 Å². The average Bonchev–Trinajstić information content (AvgIpc) is 1.88. The van der Waals surface area contributed by atoms with Crippen LogP contribution in [0.25, 0.3) is 0 Å². The molecule has 0 radical (unpaired) electrons. The lowest BCUT2D eigenvalue weighted by atomic mass is 10.1. The van der Waals surface area contributed by atoms with Crippen molar-refractivity contribution in [3.05, 3.63) is 0 Å². The van der Waals surface area contributed by atoms with Crippen LogP contribution in [0.2, 0.25) is 0 Å². The Morgan fingerprint density at radius 2 is 1.62 bits per heavy atom. The minimum atomic E-state index is -1.42. The first kappa shape index (κ1) is 6.34. The van der Waals surface area contributed by atoms with E-state index in [0.717, 1.165) is 0 Å². The Labute approximate surface area is 54.0 Å². The third-order valence-corrected chi connectivity index (χ3v) is 3.22. The molecule has 1 aliphatic carbocycles. The summed E-state index contributed by atoms with van der Waals surface area (Å²) in [5.74, 6) is 0.0108. The Morgan fingerprint density at radius 1 is 1.50 bits per heavy atom. The van der Waals surface area contributed by atoms with E-state index in [4.69, 9.17) is 11.6 Å². The first-order valence-electron chi connectivity index (χ1n) is 2.78. The number of halogens is 2. The van der Waals surface area contributed by atoms with Crippen molar-refractivity contribution in [3.8, 4) is 0 Å². The minimum Gasteiger partial charge on any atom is -0.225 e. The number of hydrogen-bond acceptors (Lipinski definition) is 0. The van der Waals surface area contributed by atoms with Gasteiger partial charge in [0.25, 0.3) is 0 Å². The van der Waals surface area contributed by atoms with Crippen LogP contribution in [0.4, 0.5) is 4.39 Å². The van der Waals surface area contributed by atoms with Gasteiger partial charge in [-0.25, -0.2) is 4.39 Å². The topological polar surface area (TPSA) is 0 Å². The lowest BCUT2D eigenvalue weighted by Gasteiger charge is -1.97. The molecule has 8 heavy (non-hydrogen) atoms. The van der Waals surface area contributed by atoms with E-state index >= 15 is 0 Å². The van der Waals surface area contributed by atoms with E-state index in [0.29, 0.717) is 0 Å². The van der Waals surface area contributed by atoms with Crippen molar-refractivity contribution in [1.29, 1.82) is 0 Å². The molecule has 1 aliphatic rings. The summed E-state index contributed by atoms with van der Waals surface area (Å²) in [7, 11) is 0. The van der Waals surface area contributed by atoms with Gasteiger partial charge in [0.15, 0.2) is 5.13 Å². The minimum absolute atomic E-state index is 0.0108. The van der Waals surface area contributed by atoms with Crippen LogP contribution in [0.5, 0.6) is 0 Å². The smallest absolute Gasteiger partial charge is 0.192 e. The summed E-state index contributed by atoms with van der Waals surface area (Å²) in [6, 6.07) is 0. The zero-order valence-electron chi connectivity index (χ0n) is 5.33. The lowest BCUT2D eigenvalue weighted by Crippen LogP contribution is -1.97. The summed E-state index contributed by atoms with van der Waals surface area (Å²) in [6.07, 6.45) is 0. The molecule has 0 heterocycles. The third-order valence-electron chi connectivity index (χ3n) is 2.40. The van der Waals surface area contributed by atoms with Crippen LogP contribution in [0.1, 0.15) is 20.8 Å². The molecular weight excluding hydrogens is 127 g/mol. The van der Waals surface area contributed by atoms with Crippen LogP contribution in [0, 0.1) is 11.3 Å². The highest BCUT2D eigenvalue weighted by Crippen LogP contribution is 2.66.